The molecule has 1 saturated heterocycles. The summed E-state index contributed by atoms with van der Waals surface area (Å²) in [6.45, 7) is 5.96. The smallest absolute Gasteiger partial charge is 0.246 e. The third kappa shape index (κ3) is 4.17. The van der Waals surface area contributed by atoms with Crippen molar-refractivity contribution in [1.82, 2.24) is 15.5 Å². The highest BCUT2D eigenvalue weighted by molar-refractivity contribution is 5.93. The number of rotatable bonds is 6. The average Bonchev–Trinajstić information content (AvgIpc) is 2.91. The van der Waals surface area contributed by atoms with Gasteiger partial charge in [-0.2, -0.15) is 0 Å². The molecule has 3 amide bonds. The topological polar surface area (TPSA) is 105 Å². The minimum Gasteiger partial charge on any atom is -0.368 e. The number of carbonyl (C=O) groups is 3. The standard InChI is InChI=1S/C14H26N4O3/c1-8(2)11(17-13(20)9(3)16-4)14(21)18-7-5-6-10(18)12(15)19/h8-11,16H,5-7H2,1-4H3,(H2,15,19)(H,17,20)/t9-,10?,11?/m0/s1. The minimum absolute atomic E-state index is 0.0698. The molecule has 0 radical (unpaired) electrons. The Morgan fingerprint density at radius 3 is 2.33 bits per heavy atom. The Hall–Kier alpha value is -1.63. The summed E-state index contributed by atoms with van der Waals surface area (Å²) in [7, 11) is 1.68. The van der Waals surface area contributed by atoms with Crippen molar-refractivity contribution in [3.63, 3.8) is 0 Å². The molecule has 1 rings (SSSR count). The van der Waals surface area contributed by atoms with Crippen molar-refractivity contribution in [2.24, 2.45) is 11.7 Å². The van der Waals surface area contributed by atoms with E-state index >= 15 is 0 Å². The SMILES string of the molecule is CN[C@@H](C)C(=O)NC(C(=O)N1CCCC1C(N)=O)C(C)C. The van der Waals surface area contributed by atoms with Crippen LogP contribution in [0.4, 0.5) is 0 Å². The van der Waals surface area contributed by atoms with Gasteiger partial charge in [0.25, 0.3) is 0 Å². The molecule has 1 heterocycles. The van der Waals surface area contributed by atoms with E-state index in [1.54, 1.807) is 14.0 Å². The molecule has 2 unspecified atom stereocenters. The van der Waals surface area contributed by atoms with E-state index in [0.717, 1.165) is 6.42 Å². The molecule has 0 saturated carbocycles. The monoisotopic (exact) mass is 298 g/mol. The van der Waals surface area contributed by atoms with Crippen LogP contribution in [0.5, 0.6) is 0 Å². The van der Waals surface area contributed by atoms with E-state index in [9.17, 15) is 14.4 Å². The maximum atomic E-state index is 12.6. The molecule has 7 heteroatoms. The third-order valence-corrected chi connectivity index (χ3v) is 3.92. The number of likely N-dealkylation sites (tertiary alicyclic amines) is 1. The van der Waals surface area contributed by atoms with Gasteiger partial charge in [-0.3, -0.25) is 14.4 Å². The van der Waals surface area contributed by atoms with E-state index in [1.165, 1.54) is 4.90 Å². The van der Waals surface area contributed by atoms with Gasteiger partial charge >= 0.3 is 0 Å². The third-order valence-electron chi connectivity index (χ3n) is 3.92. The van der Waals surface area contributed by atoms with Gasteiger partial charge in [-0.15, -0.1) is 0 Å². The van der Waals surface area contributed by atoms with Crippen LogP contribution in [0.2, 0.25) is 0 Å². The molecule has 0 aliphatic carbocycles. The molecule has 1 aliphatic heterocycles. The molecule has 1 aliphatic rings. The van der Waals surface area contributed by atoms with Crippen LogP contribution < -0.4 is 16.4 Å². The summed E-state index contributed by atoms with van der Waals surface area (Å²) in [5.74, 6) is -1.03. The summed E-state index contributed by atoms with van der Waals surface area (Å²) >= 11 is 0. The van der Waals surface area contributed by atoms with Gasteiger partial charge in [-0.25, -0.2) is 0 Å². The lowest BCUT2D eigenvalue weighted by Gasteiger charge is -2.30. The van der Waals surface area contributed by atoms with Crippen molar-refractivity contribution < 1.29 is 14.4 Å². The van der Waals surface area contributed by atoms with Crippen molar-refractivity contribution in [3.05, 3.63) is 0 Å². The van der Waals surface area contributed by atoms with E-state index in [1.807, 2.05) is 13.8 Å². The average molecular weight is 298 g/mol. The minimum atomic E-state index is -0.645. The van der Waals surface area contributed by atoms with Crippen molar-refractivity contribution >= 4 is 17.7 Å². The van der Waals surface area contributed by atoms with Gasteiger partial charge in [-0.05, 0) is 32.7 Å². The Bertz CT molecular complexity index is 411. The van der Waals surface area contributed by atoms with Crippen LogP contribution in [0.1, 0.15) is 33.6 Å². The van der Waals surface area contributed by atoms with Gasteiger partial charge in [0.1, 0.15) is 12.1 Å². The predicted molar refractivity (Wildman–Crippen MR) is 79.2 cm³/mol. The molecule has 0 aromatic heterocycles. The van der Waals surface area contributed by atoms with Crippen LogP contribution in [0, 0.1) is 5.92 Å². The van der Waals surface area contributed by atoms with Crippen LogP contribution in [0.15, 0.2) is 0 Å². The summed E-state index contributed by atoms with van der Waals surface area (Å²) < 4.78 is 0. The molecule has 3 atom stereocenters. The van der Waals surface area contributed by atoms with E-state index in [2.05, 4.69) is 10.6 Å². The van der Waals surface area contributed by atoms with Crippen LogP contribution in [0.25, 0.3) is 0 Å². The zero-order chi connectivity index (χ0) is 16.2. The predicted octanol–water partition coefficient (Wildman–Crippen LogP) is -0.789. The first kappa shape index (κ1) is 17.4. The number of amides is 3. The van der Waals surface area contributed by atoms with Crippen molar-refractivity contribution in [3.8, 4) is 0 Å². The van der Waals surface area contributed by atoms with Crippen molar-refractivity contribution in [2.45, 2.75) is 51.7 Å². The molecular weight excluding hydrogens is 272 g/mol. The maximum Gasteiger partial charge on any atom is 0.246 e. The number of nitrogens with zero attached hydrogens (tertiary/aromatic N) is 1. The number of hydrogen-bond donors (Lipinski definition) is 3. The van der Waals surface area contributed by atoms with Crippen LogP contribution in [-0.4, -0.2) is 54.3 Å². The zero-order valence-electron chi connectivity index (χ0n) is 13.2. The normalized spacial score (nSPS) is 21.2. The first-order valence-electron chi connectivity index (χ1n) is 7.37. The molecule has 21 heavy (non-hydrogen) atoms. The Balaban J connectivity index is 2.83. The molecule has 1 fully saturated rings. The first-order valence-corrected chi connectivity index (χ1v) is 7.37. The number of primary amides is 1. The lowest BCUT2D eigenvalue weighted by molar-refractivity contribution is -0.141. The summed E-state index contributed by atoms with van der Waals surface area (Å²) in [6, 6.07) is -1.59. The fourth-order valence-corrected chi connectivity index (χ4v) is 2.43. The van der Waals surface area contributed by atoms with E-state index in [0.29, 0.717) is 13.0 Å². The molecule has 7 nitrogen and oxygen atoms in total. The zero-order valence-corrected chi connectivity index (χ0v) is 13.2. The second kappa shape index (κ2) is 7.40. The Morgan fingerprint density at radius 2 is 1.86 bits per heavy atom. The Kier molecular flexibility index (Phi) is 6.14. The Labute approximate surface area is 125 Å². The second-order valence-electron chi connectivity index (χ2n) is 5.83. The van der Waals surface area contributed by atoms with Crippen LogP contribution in [0.3, 0.4) is 0 Å². The van der Waals surface area contributed by atoms with Crippen molar-refractivity contribution in [2.75, 3.05) is 13.6 Å². The van der Waals surface area contributed by atoms with E-state index < -0.39 is 18.0 Å². The summed E-state index contributed by atoms with van der Waals surface area (Å²) in [5.41, 5.74) is 5.34. The molecule has 0 spiro atoms. The lowest BCUT2D eigenvalue weighted by atomic mass is 10.0. The lowest BCUT2D eigenvalue weighted by Crippen LogP contribution is -2.56. The van der Waals surface area contributed by atoms with Crippen molar-refractivity contribution in [1.29, 1.82) is 0 Å². The molecule has 0 aromatic rings. The van der Waals surface area contributed by atoms with Crippen LogP contribution >= 0.6 is 0 Å². The first-order chi connectivity index (χ1) is 9.79. The van der Waals surface area contributed by atoms with E-state index in [4.69, 9.17) is 5.73 Å². The van der Waals surface area contributed by atoms with Crippen LogP contribution in [-0.2, 0) is 14.4 Å². The highest BCUT2D eigenvalue weighted by Gasteiger charge is 2.37. The molecule has 0 bridgehead atoms. The number of likely N-dealkylation sites (N-methyl/N-ethyl adjacent to an activating group) is 1. The summed E-state index contributed by atoms with van der Waals surface area (Å²) in [5, 5.41) is 5.59. The van der Waals surface area contributed by atoms with Gasteiger partial charge in [-0.1, -0.05) is 13.8 Å². The fourth-order valence-electron chi connectivity index (χ4n) is 2.43. The number of nitrogens with two attached hydrogens (primary N) is 1. The van der Waals surface area contributed by atoms with Gasteiger partial charge in [0.15, 0.2) is 0 Å². The maximum absolute atomic E-state index is 12.6. The number of hydrogen-bond acceptors (Lipinski definition) is 4. The fraction of sp³-hybridized carbons (Fsp3) is 0.786. The van der Waals surface area contributed by atoms with Gasteiger partial charge in [0, 0.05) is 6.54 Å². The Morgan fingerprint density at radius 1 is 1.24 bits per heavy atom. The largest absolute Gasteiger partial charge is 0.368 e. The van der Waals surface area contributed by atoms with E-state index in [-0.39, 0.29) is 23.8 Å². The quantitative estimate of drug-likeness (QED) is 0.598. The number of carbonyl (C=O) groups excluding carboxylic acids is 3. The summed E-state index contributed by atoms with van der Waals surface area (Å²) in [4.78, 5) is 37.5. The molecule has 120 valence electrons. The molecule has 0 aromatic carbocycles. The summed E-state index contributed by atoms with van der Waals surface area (Å²) in [6.07, 6.45) is 1.35. The molecule has 4 N–H and O–H groups in total. The van der Waals surface area contributed by atoms with Gasteiger partial charge in [0.2, 0.25) is 17.7 Å². The highest BCUT2D eigenvalue weighted by atomic mass is 16.2. The van der Waals surface area contributed by atoms with Gasteiger partial charge < -0.3 is 21.3 Å². The highest BCUT2D eigenvalue weighted by Crippen LogP contribution is 2.19. The second-order valence-corrected chi connectivity index (χ2v) is 5.83. The van der Waals surface area contributed by atoms with Gasteiger partial charge in [0.05, 0.1) is 6.04 Å². The number of nitrogens with one attached hydrogen (secondary N) is 2. The molecular formula is C14H26N4O3.